The fourth-order valence-electron chi connectivity index (χ4n) is 1.62. The number of hydrogen-bond donors (Lipinski definition) is 2. The topological polar surface area (TPSA) is 57.8 Å². The highest BCUT2D eigenvalue weighted by molar-refractivity contribution is 5.78. The van der Waals surface area contributed by atoms with Gasteiger partial charge in [0.15, 0.2) is 0 Å². The lowest BCUT2D eigenvalue weighted by atomic mass is 10.1. The molecule has 0 aliphatic carbocycles. The van der Waals surface area contributed by atoms with Gasteiger partial charge in [-0.15, -0.1) is 0 Å². The van der Waals surface area contributed by atoms with Gasteiger partial charge in [0.1, 0.15) is 5.82 Å². The molecule has 0 aliphatic rings. The van der Waals surface area contributed by atoms with Crippen molar-refractivity contribution in [3.63, 3.8) is 0 Å². The molecule has 0 aliphatic heterocycles. The Morgan fingerprint density at radius 2 is 2.17 bits per heavy atom. The maximum absolute atomic E-state index is 13.3. The van der Waals surface area contributed by atoms with Gasteiger partial charge < -0.3 is 5.32 Å². The summed E-state index contributed by atoms with van der Waals surface area (Å²) in [6.45, 7) is 2.28. The van der Waals surface area contributed by atoms with Crippen LogP contribution in [-0.4, -0.2) is 16.1 Å². The van der Waals surface area contributed by atoms with Gasteiger partial charge >= 0.3 is 0 Å². The number of H-pyrrole nitrogens is 1. The van der Waals surface area contributed by atoms with E-state index in [0.717, 1.165) is 11.3 Å². The van der Waals surface area contributed by atoms with Crippen molar-refractivity contribution in [3.8, 4) is 0 Å². The van der Waals surface area contributed by atoms with Crippen LogP contribution >= 0.6 is 0 Å². The molecule has 5 heteroatoms. The van der Waals surface area contributed by atoms with Crippen molar-refractivity contribution in [3.05, 3.63) is 53.1 Å². The molecule has 0 bridgehead atoms. The highest BCUT2D eigenvalue weighted by Crippen LogP contribution is 2.07. The summed E-state index contributed by atoms with van der Waals surface area (Å²) in [6, 6.07) is 6.28. The summed E-state index contributed by atoms with van der Waals surface area (Å²) in [5.74, 6) is -0.562. The van der Waals surface area contributed by atoms with Crippen molar-refractivity contribution in [2.45, 2.75) is 19.9 Å². The monoisotopic (exact) mass is 247 g/mol. The Balaban J connectivity index is 1.90. The summed E-state index contributed by atoms with van der Waals surface area (Å²) < 4.78 is 13.3. The van der Waals surface area contributed by atoms with Crippen molar-refractivity contribution in [1.82, 2.24) is 15.5 Å². The van der Waals surface area contributed by atoms with Crippen molar-refractivity contribution in [1.29, 1.82) is 0 Å². The number of aromatic nitrogens is 2. The fraction of sp³-hybridized carbons (Fsp3) is 0.231. The zero-order chi connectivity index (χ0) is 13.0. The summed E-state index contributed by atoms with van der Waals surface area (Å²) in [4.78, 5) is 11.7. The molecule has 1 aromatic heterocycles. The van der Waals surface area contributed by atoms with Crippen LogP contribution in [0.3, 0.4) is 0 Å². The van der Waals surface area contributed by atoms with E-state index < -0.39 is 0 Å². The average Bonchev–Trinajstić information content (AvgIpc) is 2.75. The van der Waals surface area contributed by atoms with Gasteiger partial charge in [-0.25, -0.2) is 4.39 Å². The van der Waals surface area contributed by atoms with E-state index in [2.05, 4.69) is 15.5 Å². The quantitative estimate of drug-likeness (QED) is 0.864. The van der Waals surface area contributed by atoms with Crippen LogP contribution in [-0.2, 0) is 17.8 Å². The molecule has 0 saturated carbocycles. The van der Waals surface area contributed by atoms with Crippen molar-refractivity contribution in [2.24, 2.45) is 0 Å². The zero-order valence-electron chi connectivity index (χ0n) is 10.0. The third-order valence-electron chi connectivity index (χ3n) is 2.72. The van der Waals surface area contributed by atoms with E-state index in [-0.39, 0.29) is 18.1 Å². The molecule has 0 unspecified atom stereocenters. The molecule has 94 valence electrons. The number of aromatic amines is 1. The zero-order valence-corrected chi connectivity index (χ0v) is 10.0. The number of amides is 1. The van der Waals surface area contributed by atoms with Crippen molar-refractivity contribution >= 4 is 5.91 Å². The largest absolute Gasteiger partial charge is 0.352 e. The Hall–Kier alpha value is -2.17. The highest BCUT2D eigenvalue weighted by Gasteiger charge is 2.08. The van der Waals surface area contributed by atoms with E-state index in [0.29, 0.717) is 12.1 Å². The van der Waals surface area contributed by atoms with E-state index in [1.165, 1.54) is 6.07 Å². The number of halogens is 1. The Labute approximate surface area is 104 Å². The first kappa shape index (κ1) is 12.3. The predicted octanol–water partition coefficient (Wildman–Crippen LogP) is 1.72. The molecule has 0 atom stereocenters. The number of aryl methyl sites for hydroxylation is 1. The van der Waals surface area contributed by atoms with Crippen LogP contribution < -0.4 is 5.32 Å². The molecule has 1 aromatic carbocycles. The van der Waals surface area contributed by atoms with Gasteiger partial charge in [-0.05, 0) is 18.6 Å². The van der Waals surface area contributed by atoms with Crippen LogP contribution in [0.2, 0.25) is 0 Å². The summed E-state index contributed by atoms with van der Waals surface area (Å²) in [7, 11) is 0. The van der Waals surface area contributed by atoms with Crippen LogP contribution in [0.25, 0.3) is 0 Å². The fourth-order valence-corrected chi connectivity index (χ4v) is 1.62. The normalized spacial score (nSPS) is 10.3. The molecular weight excluding hydrogens is 233 g/mol. The van der Waals surface area contributed by atoms with E-state index in [4.69, 9.17) is 0 Å². The molecule has 0 spiro atoms. The predicted molar refractivity (Wildman–Crippen MR) is 65.3 cm³/mol. The second kappa shape index (κ2) is 5.44. The highest BCUT2D eigenvalue weighted by atomic mass is 19.1. The Morgan fingerprint density at radius 3 is 2.83 bits per heavy atom. The molecule has 18 heavy (non-hydrogen) atoms. The number of nitrogens with zero attached hydrogens (tertiary/aromatic N) is 1. The molecule has 0 saturated heterocycles. The molecule has 0 radical (unpaired) electrons. The van der Waals surface area contributed by atoms with Gasteiger partial charge in [0, 0.05) is 17.8 Å². The van der Waals surface area contributed by atoms with Crippen molar-refractivity contribution < 1.29 is 9.18 Å². The summed E-state index contributed by atoms with van der Waals surface area (Å²) in [6.07, 6.45) is 1.71. The molecule has 4 nitrogen and oxygen atoms in total. The standard InChI is InChI=1S/C13H14FN3O/c1-9-11(8-16-17-9)7-15-13(18)6-10-4-2-3-5-12(10)14/h2-5,8H,6-7H2,1H3,(H,15,18)(H,16,17). The van der Waals surface area contributed by atoms with Gasteiger partial charge in [0.05, 0.1) is 12.6 Å². The lowest BCUT2D eigenvalue weighted by molar-refractivity contribution is -0.120. The summed E-state index contributed by atoms with van der Waals surface area (Å²) in [5.41, 5.74) is 2.25. The third kappa shape index (κ3) is 2.94. The molecule has 2 rings (SSSR count). The molecule has 1 amide bonds. The van der Waals surface area contributed by atoms with Gasteiger partial charge in [-0.2, -0.15) is 5.10 Å². The Kier molecular flexibility index (Phi) is 3.72. The van der Waals surface area contributed by atoms with Crippen molar-refractivity contribution in [2.75, 3.05) is 0 Å². The molecule has 2 N–H and O–H groups in total. The number of benzene rings is 1. The minimum atomic E-state index is -0.354. The summed E-state index contributed by atoms with van der Waals surface area (Å²) in [5, 5.41) is 9.39. The Morgan fingerprint density at radius 1 is 1.39 bits per heavy atom. The molecule has 1 heterocycles. The molecule has 0 fully saturated rings. The molecule has 2 aromatic rings. The maximum Gasteiger partial charge on any atom is 0.224 e. The van der Waals surface area contributed by atoms with Gasteiger partial charge in [-0.1, -0.05) is 18.2 Å². The number of carbonyl (C=O) groups is 1. The van der Waals surface area contributed by atoms with Crippen LogP contribution in [0.1, 0.15) is 16.8 Å². The smallest absolute Gasteiger partial charge is 0.224 e. The van der Waals surface area contributed by atoms with Crippen LogP contribution in [0.4, 0.5) is 4.39 Å². The lowest BCUT2D eigenvalue weighted by Crippen LogP contribution is -2.25. The lowest BCUT2D eigenvalue weighted by Gasteiger charge is -2.05. The van der Waals surface area contributed by atoms with Gasteiger partial charge in [-0.3, -0.25) is 9.89 Å². The first-order valence-electron chi connectivity index (χ1n) is 5.66. The molecular formula is C13H14FN3O. The number of rotatable bonds is 4. The summed E-state index contributed by atoms with van der Waals surface area (Å²) >= 11 is 0. The van der Waals surface area contributed by atoms with Crippen LogP contribution in [0.5, 0.6) is 0 Å². The Bertz CT molecular complexity index is 551. The average molecular weight is 247 g/mol. The van der Waals surface area contributed by atoms with E-state index in [1.54, 1.807) is 24.4 Å². The minimum Gasteiger partial charge on any atom is -0.352 e. The SMILES string of the molecule is Cc1[nH]ncc1CNC(=O)Cc1ccccc1F. The number of nitrogens with one attached hydrogen (secondary N) is 2. The minimum absolute atomic E-state index is 0.0452. The van der Waals surface area contributed by atoms with E-state index >= 15 is 0 Å². The first-order chi connectivity index (χ1) is 8.66. The number of carbonyl (C=O) groups excluding carboxylic acids is 1. The first-order valence-corrected chi connectivity index (χ1v) is 5.66. The third-order valence-corrected chi connectivity index (χ3v) is 2.72. The maximum atomic E-state index is 13.3. The van der Waals surface area contributed by atoms with E-state index in [9.17, 15) is 9.18 Å². The second-order valence-electron chi connectivity index (χ2n) is 4.07. The second-order valence-corrected chi connectivity index (χ2v) is 4.07. The van der Waals surface area contributed by atoms with E-state index in [1.807, 2.05) is 6.92 Å². The van der Waals surface area contributed by atoms with Gasteiger partial charge in [0.25, 0.3) is 0 Å². The van der Waals surface area contributed by atoms with Gasteiger partial charge in [0.2, 0.25) is 5.91 Å². The van der Waals surface area contributed by atoms with Crippen LogP contribution in [0, 0.1) is 12.7 Å². The van der Waals surface area contributed by atoms with Crippen LogP contribution in [0.15, 0.2) is 30.5 Å². The number of hydrogen-bond acceptors (Lipinski definition) is 2.